The van der Waals surface area contributed by atoms with Gasteiger partial charge in [-0.2, -0.15) is 0 Å². The summed E-state index contributed by atoms with van der Waals surface area (Å²) in [5.41, 5.74) is 4.59. The number of nitrogens with zero attached hydrogens (tertiary/aromatic N) is 3. The molecule has 0 saturated carbocycles. The topological polar surface area (TPSA) is 82.6 Å². The van der Waals surface area contributed by atoms with Gasteiger partial charge in [-0.25, -0.2) is 4.98 Å². The lowest BCUT2D eigenvalue weighted by atomic mass is 10.00. The van der Waals surface area contributed by atoms with Crippen LogP contribution in [-0.2, 0) is 24.3 Å². The minimum Gasteiger partial charge on any atom is -0.302 e. The van der Waals surface area contributed by atoms with Crippen LogP contribution in [-0.4, -0.2) is 45.6 Å². The van der Waals surface area contributed by atoms with Crippen molar-refractivity contribution in [1.29, 1.82) is 0 Å². The molecule has 7 nitrogen and oxygen atoms in total. The van der Waals surface area contributed by atoms with Crippen LogP contribution in [0.5, 0.6) is 0 Å². The smallest absolute Gasteiger partial charge is 0.261 e. The number of fused-ring (bicyclic) bond motifs is 2. The maximum atomic E-state index is 12.4. The quantitative estimate of drug-likeness (QED) is 0.544. The summed E-state index contributed by atoms with van der Waals surface area (Å²) >= 11 is 1.41. The number of hydrogen-bond donors (Lipinski definition) is 1. The molecule has 1 aromatic heterocycles. The molecule has 3 heterocycles. The Morgan fingerprint density at radius 1 is 1.00 bits per heavy atom. The van der Waals surface area contributed by atoms with Crippen LogP contribution in [0.3, 0.4) is 0 Å². The molecule has 2 aliphatic heterocycles. The molecule has 3 aromatic rings. The van der Waals surface area contributed by atoms with Gasteiger partial charge in [0.05, 0.1) is 16.8 Å². The van der Waals surface area contributed by atoms with Crippen LogP contribution >= 0.6 is 11.3 Å². The summed E-state index contributed by atoms with van der Waals surface area (Å²) in [6.45, 7) is 2.88. The van der Waals surface area contributed by atoms with Crippen LogP contribution in [0.25, 0.3) is 0 Å². The van der Waals surface area contributed by atoms with Crippen LogP contribution in [0.15, 0.2) is 53.9 Å². The number of anilines is 1. The van der Waals surface area contributed by atoms with Gasteiger partial charge in [-0.1, -0.05) is 36.4 Å². The van der Waals surface area contributed by atoms with Crippen LogP contribution in [0.2, 0.25) is 0 Å². The van der Waals surface area contributed by atoms with E-state index >= 15 is 0 Å². The van der Waals surface area contributed by atoms with E-state index in [1.54, 1.807) is 24.3 Å². The molecule has 33 heavy (non-hydrogen) atoms. The second-order valence-corrected chi connectivity index (χ2v) is 9.19. The van der Waals surface area contributed by atoms with Crippen LogP contribution < -0.4 is 5.32 Å². The maximum Gasteiger partial charge on any atom is 0.261 e. The Kier molecular flexibility index (Phi) is 6.02. The first-order valence-electron chi connectivity index (χ1n) is 11.1. The number of thiazole rings is 1. The Bertz CT molecular complexity index is 1190. The Hall–Kier alpha value is -3.36. The lowest BCUT2D eigenvalue weighted by Crippen LogP contribution is -2.31. The number of rotatable bonds is 7. The third kappa shape index (κ3) is 4.58. The zero-order valence-electron chi connectivity index (χ0n) is 18.1. The molecule has 0 atom stereocenters. The summed E-state index contributed by atoms with van der Waals surface area (Å²) in [5.74, 6) is -0.749. The van der Waals surface area contributed by atoms with Gasteiger partial charge in [0, 0.05) is 38.0 Å². The number of aromatic nitrogens is 1. The van der Waals surface area contributed by atoms with E-state index in [-0.39, 0.29) is 30.7 Å². The van der Waals surface area contributed by atoms with Gasteiger partial charge in [0.25, 0.3) is 11.8 Å². The van der Waals surface area contributed by atoms with Gasteiger partial charge in [-0.05, 0) is 36.1 Å². The van der Waals surface area contributed by atoms with Crippen molar-refractivity contribution in [2.24, 2.45) is 0 Å². The first-order chi connectivity index (χ1) is 16.1. The minimum atomic E-state index is -0.291. The number of carbonyl (C=O) groups excluding carboxylic acids is 3. The molecule has 8 heteroatoms. The Morgan fingerprint density at radius 3 is 2.45 bits per heavy atom. The third-order valence-electron chi connectivity index (χ3n) is 6.06. The average molecular weight is 461 g/mol. The fourth-order valence-electron chi connectivity index (χ4n) is 4.38. The highest BCUT2D eigenvalue weighted by molar-refractivity contribution is 7.13. The molecule has 3 amide bonds. The monoisotopic (exact) mass is 460 g/mol. The number of imide groups is 1. The van der Waals surface area contributed by atoms with Crippen molar-refractivity contribution in [3.8, 4) is 0 Å². The molecule has 0 aliphatic carbocycles. The SMILES string of the molecule is O=C(CCCN1C(=O)c2ccccc2C1=O)Nc1nc(CN2CCc3ccccc3C2)cs1. The van der Waals surface area contributed by atoms with E-state index in [9.17, 15) is 14.4 Å². The minimum absolute atomic E-state index is 0.167. The molecule has 1 N–H and O–H groups in total. The second-order valence-electron chi connectivity index (χ2n) is 8.33. The number of nitrogens with one attached hydrogen (secondary N) is 1. The molecule has 0 saturated heterocycles. The zero-order chi connectivity index (χ0) is 22.8. The molecule has 0 fully saturated rings. The maximum absolute atomic E-state index is 12.4. The Labute approximate surface area is 196 Å². The normalized spacial score (nSPS) is 15.5. The molecule has 0 radical (unpaired) electrons. The largest absolute Gasteiger partial charge is 0.302 e. The van der Waals surface area contributed by atoms with E-state index in [1.165, 1.54) is 27.4 Å². The number of carbonyl (C=O) groups is 3. The third-order valence-corrected chi connectivity index (χ3v) is 6.86. The van der Waals surface area contributed by atoms with Crippen molar-refractivity contribution in [3.05, 3.63) is 81.9 Å². The first kappa shape index (κ1) is 21.5. The van der Waals surface area contributed by atoms with E-state index in [4.69, 9.17) is 0 Å². The van der Waals surface area contributed by atoms with Gasteiger partial charge in [-0.15, -0.1) is 11.3 Å². The van der Waals surface area contributed by atoms with Crippen molar-refractivity contribution in [2.45, 2.75) is 32.4 Å². The predicted octanol–water partition coefficient (Wildman–Crippen LogP) is 3.72. The van der Waals surface area contributed by atoms with Crippen LogP contribution in [0.4, 0.5) is 5.13 Å². The summed E-state index contributed by atoms with van der Waals surface area (Å²) in [6, 6.07) is 15.3. The predicted molar refractivity (Wildman–Crippen MR) is 126 cm³/mol. The summed E-state index contributed by atoms with van der Waals surface area (Å²) in [6.07, 6.45) is 1.66. The summed E-state index contributed by atoms with van der Waals surface area (Å²) in [4.78, 5) is 45.3. The molecule has 168 valence electrons. The van der Waals surface area contributed by atoms with E-state index in [0.29, 0.717) is 22.7 Å². The highest BCUT2D eigenvalue weighted by atomic mass is 32.1. The second kappa shape index (κ2) is 9.25. The molecular weight excluding hydrogens is 436 g/mol. The Morgan fingerprint density at radius 2 is 1.70 bits per heavy atom. The summed E-state index contributed by atoms with van der Waals surface area (Å²) < 4.78 is 0. The molecule has 2 aliphatic rings. The molecule has 0 bridgehead atoms. The zero-order valence-corrected chi connectivity index (χ0v) is 18.9. The number of amides is 3. The van der Waals surface area contributed by atoms with Crippen LogP contribution in [0.1, 0.15) is 50.4 Å². The van der Waals surface area contributed by atoms with E-state index < -0.39 is 0 Å². The highest BCUT2D eigenvalue weighted by Gasteiger charge is 2.34. The molecule has 0 unspecified atom stereocenters. The molecule has 0 spiro atoms. The van der Waals surface area contributed by atoms with Gasteiger partial charge < -0.3 is 5.32 Å². The van der Waals surface area contributed by atoms with Gasteiger partial charge in [-0.3, -0.25) is 24.2 Å². The van der Waals surface area contributed by atoms with Crippen molar-refractivity contribution in [3.63, 3.8) is 0 Å². The summed E-state index contributed by atoms with van der Waals surface area (Å²) in [7, 11) is 0. The number of benzene rings is 2. The standard InChI is InChI=1S/C25H24N4O3S/c30-22(10-5-12-29-23(31)20-8-3-4-9-21(20)24(29)32)27-25-26-19(16-33-25)15-28-13-11-17-6-1-2-7-18(17)14-28/h1-4,6-9,16H,5,10-15H2,(H,26,27,30). The van der Waals surface area contributed by atoms with E-state index in [1.807, 2.05) is 5.38 Å². The fraction of sp³-hybridized carbons (Fsp3) is 0.280. The molecular formula is C25H24N4O3S. The lowest BCUT2D eigenvalue weighted by Gasteiger charge is -2.27. The van der Waals surface area contributed by atoms with Crippen molar-refractivity contribution >= 4 is 34.2 Å². The molecule has 5 rings (SSSR count). The van der Waals surface area contributed by atoms with Gasteiger partial charge in [0.15, 0.2) is 5.13 Å². The first-order valence-corrected chi connectivity index (χ1v) is 11.9. The van der Waals surface area contributed by atoms with Crippen molar-refractivity contribution in [1.82, 2.24) is 14.8 Å². The highest BCUT2D eigenvalue weighted by Crippen LogP contribution is 2.24. The Balaban J connectivity index is 1.09. The van der Waals surface area contributed by atoms with Gasteiger partial charge in [0.2, 0.25) is 5.91 Å². The number of hydrogen-bond acceptors (Lipinski definition) is 6. The fourth-order valence-corrected chi connectivity index (χ4v) is 5.09. The van der Waals surface area contributed by atoms with Gasteiger partial charge in [0.1, 0.15) is 0 Å². The van der Waals surface area contributed by atoms with E-state index in [2.05, 4.69) is 39.5 Å². The average Bonchev–Trinajstić information content (AvgIpc) is 3.36. The van der Waals surface area contributed by atoms with Crippen LogP contribution in [0, 0.1) is 0 Å². The molecule has 2 aromatic carbocycles. The van der Waals surface area contributed by atoms with Gasteiger partial charge >= 0.3 is 0 Å². The van der Waals surface area contributed by atoms with Crippen molar-refractivity contribution in [2.75, 3.05) is 18.4 Å². The summed E-state index contributed by atoms with van der Waals surface area (Å²) in [5, 5.41) is 5.40. The van der Waals surface area contributed by atoms with Crippen molar-refractivity contribution < 1.29 is 14.4 Å². The lowest BCUT2D eigenvalue weighted by molar-refractivity contribution is -0.116. The van der Waals surface area contributed by atoms with E-state index in [0.717, 1.165) is 31.7 Å².